The highest BCUT2D eigenvalue weighted by Gasteiger charge is 2.22. The second-order valence-corrected chi connectivity index (χ2v) is 5.32. The molecule has 2 N–H and O–H groups in total. The average Bonchev–Trinajstić information content (AvgIpc) is 2.97. The number of H-pyrrole nitrogens is 1. The maximum Gasteiger partial charge on any atom is 0.299 e. The zero-order valence-electron chi connectivity index (χ0n) is 12.2. The van der Waals surface area contributed by atoms with Gasteiger partial charge in [-0.05, 0) is 0 Å². The maximum atomic E-state index is 11.1. The van der Waals surface area contributed by atoms with Crippen molar-refractivity contribution in [3.63, 3.8) is 0 Å². The summed E-state index contributed by atoms with van der Waals surface area (Å²) in [6.07, 6.45) is 0. The molecule has 2 heterocycles. The lowest BCUT2D eigenvalue weighted by atomic mass is 10.2. The Morgan fingerprint density at radius 1 is 1.18 bits per heavy atom. The van der Waals surface area contributed by atoms with Crippen LogP contribution < -0.4 is 19.6 Å². The summed E-state index contributed by atoms with van der Waals surface area (Å²) >= 11 is 1.13. The number of rotatable bonds is 4. The van der Waals surface area contributed by atoms with Crippen LogP contribution in [0.3, 0.4) is 0 Å². The predicted molar refractivity (Wildman–Crippen MR) is 83.3 cm³/mol. The van der Waals surface area contributed by atoms with Crippen LogP contribution in [-0.4, -0.2) is 48.0 Å². The highest BCUT2D eigenvalue weighted by atomic mass is 32.2. The molecule has 116 valence electrons. The number of thioether (sulfide) groups is 1. The Labute approximate surface area is 130 Å². The number of benzene rings is 1. The number of hydrogen-bond donors (Lipinski definition) is 2. The van der Waals surface area contributed by atoms with Gasteiger partial charge in [-0.2, -0.15) is 5.10 Å². The van der Waals surface area contributed by atoms with E-state index in [-0.39, 0.29) is 5.24 Å². The Kier molecular flexibility index (Phi) is 3.80. The van der Waals surface area contributed by atoms with Crippen LogP contribution in [0.2, 0.25) is 0 Å². The van der Waals surface area contributed by atoms with Crippen LogP contribution in [-0.2, 0) is 0 Å². The van der Waals surface area contributed by atoms with Crippen molar-refractivity contribution in [3.05, 3.63) is 11.9 Å². The Balaban J connectivity index is 2.15. The molecule has 9 heteroatoms. The number of aromatic amines is 1. The van der Waals surface area contributed by atoms with E-state index in [4.69, 9.17) is 14.2 Å². The molecule has 1 aliphatic rings. The van der Waals surface area contributed by atoms with Gasteiger partial charge in [0.1, 0.15) is 11.2 Å². The Hall–Kier alpha value is -2.42. The lowest BCUT2D eigenvalue weighted by Gasteiger charge is -2.11. The van der Waals surface area contributed by atoms with Gasteiger partial charge < -0.3 is 19.2 Å². The van der Waals surface area contributed by atoms with Crippen molar-refractivity contribution in [2.24, 2.45) is 5.10 Å². The fourth-order valence-electron chi connectivity index (χ4n) is 2.18. The minimum absolute atomic E-state index is 0.180. The molecule has 0 atom stereocenters. The molecule has 1 aliphatic heterocycles. The monoisotopic (exact) mass is 322 g/mol. The third kappa shape index (κ3) is 2.33. The number of carbonyl (C=O) groups excluding carboxylic acids is 1. The number of aromatic nitrogens is 2. The van der Waals surface area contributed by atoms with Crippen LogP contribution in [0.15, 0.2) is 11.2 Å². The van der Waals surface area contributed by atoms with Gasteiger partial charge in [0.2, 0.25) is 5.75 Å². The van der Waals surface area contributed by atoms with E-state index in [0.717, 1.165) is 17.3 Å². The van der Waals surface area contributed by atoms with E-state index < -0.39 is 0 Å². The van der Waals surface area contributed by atoms with E-state index in [1.165, 1.54) is 7.11 Å². The van der Waals surface area contributed by atoms with Crippen LogP contribution >= 0.6 is 11.8 Å². The number of carbonyl (C=O) groups is 1. The summed E-state index contributed by atoms with van der Waals surface area (Å²) in [6.45, 7) is 0. The van der Waals surface area contributed by atoms with Gasteiger partial charge in [0.25, 0.3) is 5.24 Å². The lowest BCUT2D eigenvalue weighted by molar-refractivity contribution is 0.261. The van der Waals surface area contributed by atoms with Gasteiger partial charge in [-0.15, -0.1) is 0 Å². The normalized spacial score (nSPS) is 14.5. The summed E-state index contributed by atoms with van der Waals surface area (Å²) in [5.74, 6) is 2.50. The van der Waals surface area contributed by atoms with Gasteiger partial charge in [-0.3, -0.25) is 4.79 Å². The molecule has 3 rings (SSSR count). The highest BCUT2D eigenvalue weighted by Crippen LogP contribution is 2.42. The van der Waals surface area contributed by atoms with Crippen molar-refractivity contribution in [1.29, 1.82) is 0 Å². The first-order chi connectivity index (χ1) is 10.7. The molecule has 0 unspecified atom stereocenters. The number of methoxy groups -OCH3 is 3. The molecule has 1 amide bonds. The first-order valence-corrected chi connectivity index (χ1v) is 7.34. The molecule has 1 aromatic carbocycles. The maximum absolute atomic E-state index is 11.1. The molecule has 0 radical (unpaired) electrons. The molecular formula is C13H14N4O4S. The minimum Gasteiger partial charge on any atom is -0.493 e. The number of fused-ring (bicyclic) bond motifs is 1. The number of imidazole rings is 1. The second kappa shape index (κ2) is 5.76. The Morgan fingerprint density at radius 2 is 1.95 bits per heavy atom. The Bertz CT molecular complexity index is 771. The van der Waals surface area contributed by atoms with Gasteiger partial charge >= 0.3 is 0 Å². The molecule has 0 fully saturated rings. The van der Waals surface area contributed by atoms with Crippen molar-refractivity contribution < 1.29 is 19.0 Å². The molecule has 2 aromatic rings. The summed E-state index contributed by atoms with van der Waals surface area (Å²) in [6, 6.07) is 1.78. The average molecular weight is 322 g/mol. The van der Waals surface area contributed by atoms with Gasteiger partial charge in [-0.25, -0.2) is 10.4 Å². The van der Waals surface area contributed by atoms with Gasteiger partial charge in [-0.1, -0.05) is 11.8 Å². The first-order valence-electron chi connectivity index (χ1n) is 6.36. The SMILES string of the molecule is COc1cc2[nH]c(C3=NNC(=O)SC3)nc2c(OC)c1OC. The molecule has 0 saturated carbocycles. The quantitative estimate of drug-likeness (QED) is 0.890. The minimum atomic E-state index is -0.180. The largest absolute Gasteiger partial charge is 0.493 e. The smallest absolute Gasteiger partial charge is 0.299 e. The zero-order valence-corrected chi connectivity index (χ0v) is 13.0. The summed E-state index contributed by atoms with van der Waals surface area (Å²) < 4.78 is 16.1. The van der Waals surface area contributed by atoms with Crippen molar-refractivity contribution in [2.45, 2.75) is 0 Å². The first kappa shape index (κ1) is 14.5. The van der Waals surface area contributed by atoms with Crippen LogP contribution in [0.5, 0.6) is 17.2 Å². The fourth-order valence-corrected chi connectivity index (χ4v) is 2.76. The van der Waals surface area contributed by atoms with E-state index in [2.05, 4.69) is 20.5 Å². The van der Waals surface area contributed by atoms with Crippen molar-refractivity contribution in [2.75, 3.05) is 27.1 Å². The summed E-state index contributed by atoms with van der Waals surface area (Å²) in [5, 5.41) is 3.84. The van der Waals surface area contributed by atoms with Crippen LogP contribution in [0.1, 0.15) is 5.82 Å². The van der Waals surface area contributed by atoms with E-state index in [1.807, 2.05) is 0 Å². The van der Waals surface area contributed by atoms with Gasteiger partial charge in [0.15, 0.2) is 17.3 Å². The van der Waals surface area contributed by atoms with Gasteiger partial charge in [0, 0.05) is 6.07 Å². The van der Waals surface area contributed by atoms with E-state index in [1.54, 1.807) is 20.3 Å². The van der Waals surface area contributed by atoms with E-state index in [9.17, 15) is 4.79 Å². The van der Waals surface area contributed by atoms with E-state index >= 15 is 0 Å². The van der Waals surface area contributed by atoms with Crippen LogP contribution in [0.25, 0.3) is 11.0 Å². The molecule has 22 heavy (non-hydrogen) atoms. The van der Waals surface area contributed by atoms with Crippen molar-refractivity contribution in [1.82, 2.24) is 15.4 Å². The summed E-state index contributed by atoms with van der Waals surface area (Å²) in [4.78, 5) is 18.8. The van der Waals surface area contributed by atoms with Crippen molar-refractivity contribution >= 4 is 33.7 Å². The molecule has 8 nitrogen and oxygen atoms in total. The van der Waals surface area contributed by atoms with Crippen LogP contribution in [0, 0.1) is 0 Å². The molecular weight excluding hydrogens is 308 g/mol. The third-order valence-corrected chi connectivity index (χ3v) is 3.95. The standard InChI is InChI=1S/C13H14N4O4S/c1-19-8-4-6-9(11(21-3)10(8)20-2)15-12(14-6)7-5-22-13(18)17-16-7/h4H,5H2,1-3H3,(H,14,15)(H,17,18). The number of hydrogen-bond acceptors (Lipinski definition) is 7. The lowest BCUT2D eigenvalue weighted by Crippen LogP contribution is -2.24. The molecule has 0 saturated heterocycles. The molecule has 0 spiro atoms. The summed E-state index contributed by atoms with van der Waals surface area (Å²) in [7, 11) is 4.63. The number of amides is 1. The van der Waals surface area contributed by atoms with E-state index in [0.29, 0.717) is 40.1 Å². The number of nitrogens with zero attached hydrogens (tertiary/aromatic N) is 2. The van der Waals surface area contributed by atoms with Crippen molar-refractivity contribution in [3.8, 4) is 17.2 Å². The Morgan fingerprint density at radius 3 is 2.55 bits per heavy atom. The third-order valence-electron chi connectivity index (χ3n) is 3.18. The number of hydrazone groups is 1. The number of nitrogens with one attached hydrogen (secondary N) is 2. The molecule has 0 bridgehead atoms. The topological polar surface area (TPSA) is 97.8 Å². The number of ether oxygens (including phenoxy) is 3. The molecule has 1 aromatic heterocycles. The predicted octanol–water partition coefficient (Wildman–Crippen LogP) is 1.75. The molecule has 0 aliphatic carbocycles. The highest BCUT2D eigenvalue weighted by molar-refractivity contribution is 8.14. The summed E-state index contributed by atoms with van der Waals surface area (Å²) in [5.41, 5.74) is 4.42. The van der Waals surface area contributed by atoms with Crippen LogP contribution in [0.4, 0.5) is 4.79 Å². The van der Waals surface area contributed by atoms with Gasteiger partial charge in [0.05, 0.1) is 32.6 Å². The second-order valence-electron chi connectivity index (χ2n) is 4.37. The fraction of sp³-hybridized carbons (Fsp3) is 0.308. The zero-order chi connectivity index (χ0) is 15.7.